The molecule has 1 aliphatic rings. The number of nitrogens with zero attached hydrogens (tertiary/aromatic N) is 1. The van der Waals surface area contributed by atoms with Crippen LogP contribution in [0.25, 0.3) is 0 Å². The molecular weight excluding hydrogens is 256 g/mol. The molecule has 1 aliphatic heterocycles. The zero-order valence-electron chi connectivity index (χ0n) is 11.4. The van der Waals surface area contributed by atoms with Crippen molar-refractivity contribution in [1.82, 2.24) is 4.90 Å². The zero-order chi connectivity index (χ0) is 13.8. The lowest BCUT2D eigenvalue weighted by atomic mass is 10.0. The molecule has 1 fully saturated rings. The van der Waals surface area contributed by atoms with Crippen LogP contribution in [0.4, 0.5) is 0 Å². The molecule has 0 amide bonds. The van der Waals surface area contributed by atoms with Crippen molar-refractivity contribution in [3.05, 3.63) is 29.3 Å². The van der Waals surface area contributed by atoms with E-state index < -0.39 is 0 Å². The van der Waals surface area contributed by atoms with E-state index in [0.29, 0.717) is 4.99 Å². The van der Waals surface area contributed by atoms with Crippen molar-refractivity contribution in [3.8, 4) is 5.75 Å². The lowest BCUT2D eigenvalue weighted by molar-refractivity contribution is 0.250. The Balaban J connectivity index is 2.33. The second kappa shape index (κ2) is 6.35. The predicted octanol–water partition coefficient (Wildman–Crippen LogP) is 2.90. The van der Waals surface area contributed by atoms with Gasteiger partial charge in [0.25, 0.3) is 0 Å². The van der Waals surface area contributed by atoms with E-state index in [1.165, 1.54) is 25.7 Å². The van der Waals surface area contributed by atoms with Crippen molar-refractivity contribution < 1.29 is 5.11 Å². The number of aryl methyl sites for hydroxylation is 1. The molecule has 4 heteroatoms. The second-order valence-corrected chi connectivity index (χ2v) is 5.79. The molecule has 1 aromatic carbocycles. The zero-order valence-corrected chi connectivity index (χ0v) is 12.2. The topological polar surface area (TPSA) is 49.5 Å². The van der Waals surface area contributed by atoms with Crippen molar-refractivity contribution in [3.63, 3.8) is 0 Å². The quantitative estimate of drug-likeness (QED) is 0.835. The van der Waals surface area contributed by atoms with Crippen LogP contribution in [-0.2, 0) is 0 Å². The summed E-state index contributed by atoms with van der Waals surface area (Å²) in [4.78, 5) is 2.76. The summed E-state index contributed by atoms with van der Waals surface area (Å²) in [6, 6.07) is 5.48. The maximum absolute atomic E-state index is 10.1. The average molecular weight is 278 g/mol. The van der Waals surface area contributed by atoms with Gasteiger partial charge >= 0.3 is 0 Å². The fourth-order valence-corrected chi connectivity index (χ4v) is 3.05. The molecule has 3 N–H and O–H groups in total. The van der Waals surface area contributed by atoms with Crippen LogP contribution < -0.4 is 5.73 Å². The van der Waals surface area contributed by atoms with Gasteiger partial charge in [0.1, 0.15) is 5.75 Å². The summed E-state index contributed by atoms with van der Waals surface area (Å²) in [7, 11) is 0. The molecule has 0 aliphatic carbocycles. The molecule has 104 valence electrons. The van der Waals surface area contributed by atoms with Crippen LogP contribution in [0.3, 0.4) is 0 Å². The van der Waals surface area contributed by atoms with E-state index >= 15 is 0 Å². The number of thiocarbonyl (C=S) groups is 1. The van der Waals surface area contributed by atoms with Crippen molar-refractivity contribution in [2.45, 2.75) is 38.6 Å². The summed E-state index contributed by atoms with van der Waals surface area (Å²) < 4.78 is 0. The number of hydrogen-bond donors (Lipinski definition) is 2. The lowest BCUT2D eigenvalue weighted by Gasteiger charge is -2.30. The Morgan fingerprint density at radius 1 is 1.26 bits per heavy atom. The van der Waals surface area contributed by atoms with Gasteiger partial charge in [0.05, 0.1) is 11.0 Å². The van der Waals surface area contributed by atoms with Crippen LogP contribution in [0.15, 0.2) is 18.2 Å². The summed E-state index contributed by atoms with van der Waals surface area (Å²) in [5.41, 5.74) is 7.90. The Labute approximate surface area is 120 Å². The summed E-state index contributed by atoms with van der Waals surface area (Å²) in [5.74, 6) is 0.285. The molecule has 0 spiro atoms. The van der Waals surface area contributed by atoms with Gasteiger partial charge in [-0.2, -0.15) is 0 Å². The van der Waals surface area contributed by atoms with Gasteiger partial charge in [-0.1, -0.05) is 42.8 Å². The molecule has 0 radical (unpaired) electrons. The summed E-state index contributed by atoms with van der Waals surface area (Å²) in [6.45, 7) is 4.01. The van der Waals surface area contributed by atoms with E-state index in [-0.39, 0.29) is 11.8 Å². The highest BCUT2D eigenvalue weighted by Gasteiger charge is 2.26. The monoisotopic (exact) mass is 278 g/mol. The highest BCUT2D eigenvalue weighted by Crippen LogP contribution is 2.31. The van der Waals surface area contributed by atoms with Gasteiger partial charge in [0.15, 0.2) is 0 Å². The second-order valence-electron chi connectivity index (χ2n) is 5.32. The van der Waals surface area contributed by atoms with Crippen LogP contribution in [0, 0.1) is 6.92 Å². The Morgan fingerprint density at radius 2 is 1.89 bits per heavy atom. The minimum atomic E-state index is -0.145. The summed E-state index contributed by atoms with van der Waals surface area (Å²) >= 11 is 5.25. The van der Waals surface area contributed by atoms with Crippen molar-refractivity contribution >= 4 is 17.2 Å². The van der Waals surface area contributed by atoms with E-state index in [0.717, 1.165) is 24.2 Å². The smallest absolute Gasteiger partial charge is 0.120 e. The van der Waals surface area contributed by atoms with E-state index in [1.54, 1.807) is 6.07 Å². The first-order valence-electron chi connectivity index (χ1n) is 6.92. The number of phenols is 1. The van der Waals surface area contributed by atoms with Gasteiger partial charge in [-0.3, -0.25) is 4.90 Å². The highest BCUT2D eigenvalue weighted by molar-refractivity contribution is 7.80. The first-order valence-corrected chi connectivity index (χ1v) is 7.33. The summed E-state index contributed by atoms with van der Waals surface area (Å²) in [6.07, 6.45) is 4.87. The molecule has 0 bridgehead atoms. The van der Waals surface area contributed by atoms with E-state index in [9.17, 15) is 5.11 Å². The van der Waals surface area contributed by atoms with Crippen LogP contribution in [0.2, 0.25) is 0 Å². The van der Waals surface area contributed by atoms with Gasteiger partial charge < -0.3 is 10.8 Å². The molecule has 0 aromatic heterocycles. The number of nitrogens with two attached hydrogens (primary N) is 1. The van der Waals surface area contributed by atoms with Gasteiger partial charge in [0, 0.05) is 5.56 Å². The minimum Gasteiger partial charge on any atom is -0.508 e. The Hall–Kier alpha value is -1.13. The van der Waals surface area contributed by atoms with Gasteiger partial charge in [-0.25, -0.2) is 0 Å². The number of phenolic OH excluding ortho intramolecular Hbond substituents is 1. The Kier molecular flexibility index (Phi) is 4.77. The fourth-order valence-electron chi connectivity index (χ4n) is 2.78. The van der Waals surface area contributed by atoms with E-state index in [4.69, 9.17) is 18.0 Å². The largest absolute Gasteiger partial charge is 0.508 e. The maximum Gasteiger partial charge on any atom is 0.120 e. The van der Waals surface area contributed by atoms with Crippen LogP contribution >= 0.6 is 12.2 Å². The fraction of sp³-hybridized carbons (Fsp3) is 0.533. The van der Waals surface area contributed by atoms with Crippen LogP contribution in [0.1, 0.15) is 42.9 Å². The Morgan fingerprint density at radius 3 is 2.47 bits per heavy atom. The third kappa shape index (κ3) is 3.45. The maximum atomic E-state index is 10.1. The molecular formula is C15H22N2OS. The molecule has 1 heterocycles. The Bertz CT molecular complexity index is 453. The minimum absolute atomic E-state index is 0.145. The average Bonchev–Trinajstić information content (AvgIpc) is 2.62. The third-order valence-corrected chi connectivity index (χ3v) is 3.98. The van der Waals surface area contributed by atoms with E-state index in [1.807, 2.05) is 19.1 Å². The molecule has 1 aromatic rings. The SMILES string of the molecule is Cc1ccc(O)c(C(C(N)=S)N2CCCCCC2)c1. The molecule has 1 unspecified atom stereocenters. The first kappa shape index (κ1) is 14.3. The number of likely N-dealkylation sites (tertiary alicyclic amines) is 1. The number of aromatic hydroxyl groups is 1. The number of hydrogen-bond acceptors (Lipinski definition) is 3. The standard InChI is InChI=1S/C15H22N2OS/c1-11-6-7-13(18)12(10-11)14(15(16)19)17-8-4-2-3-5-9-17/h6-7,10,14,18H,2-5,8-9H2,1H3,(H2,16,19). The van der Waals surface area contributed by atoms with Gasteiger partial charge in [0.2, 0.25) is 0 Å². The van der Waals surface area contributed by atoms with Gasteiger partial charge in [-0.15, -0.1) is 0 Å². The third-order valence-electron chi connectivity index (χ3n) is 3.75. The van der Waals surface area contributed by atoms with Crippen LogP contribution in [-0.4, -0.2) is 28.1 Å². The van der Waals surface area contributed by atoms with Gasteiger partial charge in [-0.05, 0) is 38.9 Å². The number of rotatable bonds is 3. The molecule has 3 nitrogen and oxygen atoms in total. The first-order chi connectivity index (χ1) is 9.09. The number of benzene rings is 1. The van der Waals surface area contributed by atoms with Crippen molar-refractivity contribution in [2.24, 2.45) is 5.73 Å². The normalized spacial score (nSPS) is 18.8. The molecule has 1 saturated heterocycles. The predicted molar refractivity (Wildman–Crippen MR) is 82.4 cm³/mol. The van der Waals surface area contributed by atoms with Crippen molar-refractivity contribution in [2.75, 3.05) is 13.1 Å². The highest BCUT2D eigenvalue weighted by atomic mass is 32.1. The molecule has 2 rings (SSSR count). The molecule has 19 heavy (non-hydrogen) atoms. The van der Waals surface area contributed by atoms with E-state index in [2.05, 4.69) is 4.90 Å². The lowest BCUT2D eigenvalue weighted by Crippen LogP contribution is -2.37. The molecule has 0 saturated carbocycles. The molecule has 1 atom stereocenters. The van der Waals surface area contributed by atoms with Crippen molar-refractivity contribution in [1.29, 1.82) is 0 Å². The summed E-state index contributed by atoms with van der Waals surface area (Å²) in [5, 5.41) is 10.1. The van der Waals surface area contributed by atoms with Crippen LogP contribution in [0.5, 0.6) is 5.75 Å².